The van der Waals surface area contributed by atoms with Crippen LogP contribution in [0.5, 0.6) is 0 Å². The highest BCUT2D eigenvalue weighted by molar-refractivity contribution is 6.31. The molecule has 2 rings (SSSR count). The molecular weight excluding hydrogens is 284 g/mol. The Morgan fingerprint density at radius 2 is 1.90 bits per heavy atom. The summed E-state index contributed by atoms with van der Waals surface area (Å²) in [6.45, 7) is 1.74. The standard InChI is InChI=1S/C15H12ClF2NO/c1-9(11-4-2-3-5-13(11)16)19-15(20)12-7-6-10(17)8-14(12)18/h2-9H,1H3,(H,19,20). The van der Waals surface area contributed by atoms with Crippen molar-refractivity contribution in [2.24, 2.45) is 0 Å². The van der Waals surface area contributed by atoms with E-state index in [1.807, 2.05) is 0 Å². The van der Waals surface area contributed by atoms with Crippen molar-refractivity contribution < 1.29 is 13.6 Å². The molecule has 0 saturated carbocycles. The van der Waals surface area contributed by atoms with Crippen molar-refractivity contribution in [3.8, 4) is 0 Å². The van der Waals surface area contributed by atoms with E-state index in [2.05, 4.69) is 5.32 Å². The van der Waals surface area contributed by atoms with Gasteiger partial charge in [0.05, 0.1) is 11.6 Å². The van der Waals surface area contributed by atoms with Crippen LogP contribution in [0, 0.1) is 11.6 Å². The van der Waals surface area contributed by atoms with Crippen molar-refractivity contribution in [2.45, 2.75) is 13.0 Å². The van der Waals surface area contributed by atoms with E-state index in [9.17, 15) is 13.6 Å². The van der Waals surface area contributed by atoms with Gasteiger partial charge in [0, 0.05) is 11.1 Å². The summed E-state index contributed by atoms with van der Waals surface area (Å²) in [6, 6.07) is 9.49. The SMILES string of the molecule is CC(NC(=O)c1ccc(F)cc1F)c1ccccc1Cl. The maximum atomic E-state index is 13.5. The number of carbonyl (C=O) groups is 1. The molecule has 0 fully saturated rings. The number of hydrogen-bond acceptors (Lipinski definition) is 1. The second kappa shape index (κ2) is 6.01. The van der Waals surface area contributed by atoms with E-state index < -0.39 is 17.5 Å². The first-order valence-corrected chi connectivity index (χ1v) is 6.37. The summed E-state index contributed by atoms with van der Waals surface area (Å²) < 4.78 is 26.3. The first-order chi connectivity index (χ1) is 9.49. The molecule has 104 valence electrons. The monoisotopic (exact) mass is 295 g/mol. The van der Waals surface area contributed by atoms with Gasteiger partial charge in [-0.15, -0.1) is 0 Å². The first-order valence-electron chi connectivity index (χ1n) is 5.99. The number of hydrogen-bond donors (Lipinski definition) is 1. The van der Waals surface area contributed by atoms with Gasteiger partial charge in [0.2, 0.25) is 0 Å². The van der Waals surface area contributed by atoms with Crippen molar-refractivity contribution in [2.75, 3.05) is 0 Å². The van der Waals surface area contributed by atoms with E-state index in [-0.39, 0.29) is 11.6 Å². The van der Waals surface area contributed by atoms with E-state index in [0.717, 1.165) is 17.7 Å². The number of amides is 1. The zero-order valence-corrected chi connectivity index (χ0v) is 11.4. The quantitative estimate of drug-likeness (QED) is 0.907. The Labute approximate surface area is 120 Å². The highest BCUT2D eigenvalue weighted by Gasteiger charge is 2.16. The molecule has 2 nitrogen and oxygen atoms in total. The van der Waals surface area contributed by atoms with Crippen LogP contribution < -0.4 is 5.32 Å². The van der Waals surface area contributed by atoms with Crippen LogP contribution in [0.1, 0.15) is 28.9 Å². The smallest absolute Gasteiger partial charge is 0.254 e. The Morgan fingerprint density at radius 3 is 2.55 bits per heavy atom. The summed E-state index contributed by atoms with van der Waals surface area (Å²) in [4.78, 5) is 12.0. The topological polar surface area (TPSA) is 29.1 Å². The van der Waals surface area contributed by atoms with Gasteiger partial charge in [0.1, 0.15) is 11.6 Å². The van der Waals surface area contributed by atoms with Gasteiger partial charge in [-0.3, -0.25) is 4.79 Å². The molecule has 0 saturated heterocycles. The maximum Gasteiger partial charge on any atom is 0.254 e. The minimum absolute atomic E-state index is 0.203. The normalized spacial score (nSPS) is 12.0. The molecule has 2 aromatic carbocycles. The highest BCUT2D eigenvalue weighted by atomic mass is 35.5. The number of carbonyl (C=O) groups excluding carboxylic acids is 1. The third kappa shape index (κ3) is 3.14. The number of nitrogens with one attached hydrogen (secondary N) is 1. The van der Waals surface area contributed by atoms with E-state index in [1.54, 1.807) is 31.2 Å². The third-order valence-corrected chi connectivity index (χ3v) is 3.24. The lowest BCUT2D eigenvalue weighted by Crippen LogP contribution is -2.27. The molecule has 1 amide bonds. The Kier molecular flexibility index (Phi) is 4.35. The fourth-order valence-electron chi connectivity index (χ4n) is 1.85. The molecular formula is C15H12ClF2NO. The lowest BCUT2D eigenvalue weighted by molar-refractivity contribution is 0.0936. The molecule has 0 aliphatic heterocycles. The van der Waals surface area contributed by atoms with Crippen LogP contribution in [0.25, 0.3) is 0 Å². The van der Waals surface area contributed by atoms with Gasteiger partial charge in [-0.25, -0.2) is 8.78 Å². The molecule has 5 heteroatoms. The average Bonchev–Trinajstić information content (AvgIpc) is 2.38. The average molecular weight is 296 g/mol. The van der Waals surface area contributed by atoms with Crippen LogP contribution in [-0.2, 0) is 0 Å². The molecule has 0 spiro atoms. The van der Waals surface area contributed by atoms with Gasteiger partial charge in [-0.2, -0.15) is 0 Å². The van der Waals surface area contributed by atoms with Crippen LogP contribution in [0.2, 0.25) is 5.02 Å². The van der Waals surface area contributed by atoms with E-state index in [0.29, 0.717) is 11.1 Å². The fraction of sp³-hybridized carbons (Fsp3) is 0.133. The molecule has 0 aliphatic rings. The molecule has 0 aliphatic carbocycles. The maximum absolute atomic E-state index is 13.5. The van der Waals surface area contributed by atoms with Crippen LogP contribution in [0.15, 0.2) is 42.5 Å². The predicted octanol–water partition coefficient (Wildman–Crippen LogP) is 4.11. The predicted molar refractivity (Wildman–Crippen MR) is 73.7 cm³/mol. The van der Waals surface area contributed by atoms with Crippen molar-refractivity contribution in [1.29, 1.82) is 0 Å². The summed E-state index contributed by atoms with van der Waals surface area (Å²) in [5, 5.41) is 3.14. The molecule has 20 heavy (non-hydrogen) atoms. The van der Waals surface area contributed by atoms with Crippen molar-refractivity contribution in [3.05, 3.63) is 70.2 Å². The van der Waals surface area contributed by atoms with E-state index in [1.165, 1.54) is 0 Å². The van der Waals surface area contributed by atoms with Gasteiger partial charge < -0.3 is 5.32 Å². The van der Waals surface area contributed by atoms with Crippen molar-refractivity contribution >= 4 is 17.5 Å². The minimum atomic E-state index is -0.895. The third-order valence-electron chi connectivity index (χ3n) is 2.90. The number of rotatable bonds is 3. The Bertz CT molecular complexity index is 646. The van der Waals surface area contributed by atoms with Crippen LogP contribution in [0.4, 0.5) is 8.78 Å². The Morgan fingerprint density at radius 1 is 1.20 bits per heavy atom. The summed E-state index contributed by atoms with van der Waals surface area (Å²) in [6.07, 6.45) is 0. The molecule has 0 heterocycles. The summed E-state index contributed by atoms with van der Waals surface area (Å²) in [5.41, 5.74) is 0.523. The molecule has 1 unspecified atom stereocenters. The second-order valence-corrected chi connectivity index (χ2v) is 4.75. The first kappa shape index (κ1) is 14.5. The van der Waals surface area contributed by atoms with Gasteiger partial charge in [-0.05, 0) is 30.7 Å². The zero-order valence-electron chi connectivity index (χ0n) is 10.7. The lowest BCUT2D eigenvalue weighted by Gasteiger charge is -2.16. The lowest BCUT2D eigenvalue weighted by atomic mass is 10.1. The number of benzene rings is 2. The molecule has 0 bridgehead atoms. The molecule has 1 N–H and O–H groups in total. The zero-order chi connectivity index (χ0) is 14.7. The van der Waals surface area contributed by atoms with E-state index in [4.69, 9.17) is 11.6 Å². The summed E-state index contributed by atoms with van der Waals surface area (Å²) in [5.74, 6) is -2.23. The number of halogens is 3. The van der Waals surface area contributed by atoms with Crippen LogP contribution >= 0.6 is 11.6 Å². The summed E-state index contributed by atoms with van der Waals surface area (Å²) in [7, 11) is 0. The van der Waals surface area contributed by atoms with Crippen LogP contribution in [0.3, 0.4) is 0 Å². The minimum Gasteiger partial charge on any atom is -0.345 e. The highest BCUT2D eigenvalue weighted by Crippen LogP contribution is 2.22. The molecule has 2 aromatic rings. The van der Waals surface area contributed by atoms with Crippen molar-refractivity contribution in [1.82, 2.24) is 5.32 Å². The van der Waals surface area contributed by atoms with Crippen molar-refractivity contribution in [3.63, 3.8) is 0 Å². The molecule has 0 aromatic heterocycles. The Balaban J connectivity index is 2.17. The largest absolute Gasteiger partial charge is 0.345 e. The van der Waals surface area contributed by atoms with Gasteiger partial charge >= 0.3 is 0 Å². The Hall–Kier alpha value is -1.94. The van der Waals surface area contributed by atoms with Crippen LogP contribution in [-0.4, -0.2) is 5.91 Å². The second-order valence-electron chi connectivity index (χ2n) is 4.34. The fourth-order valence-corrected chi connectivity index (χ4v) is 2.15. The van der Waals surface area contributed by atoms with Gasteiger partial charge in [0.15, 0.2) is 0 Å². The molecule has 1 atom stereocenters. The summed E-state index contributed by atoms with van der Waals surface area (Å²) >= 11 is 6.03. The van der Waals surface area contributed by atoms with Gasteiger partial charge in [-0.1, -0.05) is 29.8 Å². The van der Waals surface area contributed by atoms with Gasteiger partial charge in [0.25, 0.3) is 5.91 Å². The van der Waals surface area contributed by atoms with E-state index >= 15 is 0 Å². The molecule has 0 radical (unpaired) electrons.